The Morgan fingerprint density at radius 1 is 1.30 bits per heavy atom. The highest BCUT2D eigenvalue weighted by molar-refractivity contribution is 7.08. The molecule has 0 radical (unpaired) electrons. The highest BCUT2D eigenvalue weighted by atomic mass is 32.1. The van der Waals surface area contributed by atoms with Crippen LogP contribution in [0.2, 0.25) is 0 Å². The van der Waals surface area contributed by atoms with Crippen LogP contribution in [0, 0.1) is 0 Å². The summed E-state index contributed by atoms with van der Waals surface area (Å²) in [6.07, 6.45) is 2.26. The monoisotopic (exact) mass is 387 g/mol. The Bertz CT molecular complexity index is 767. The summed E-state index contributed by atoms with van der Waals surface area (Å²) in [5.74, 6) is 1.67. The number of hydrogen-bond acceptors (Lipinski definition) is 4. The minimum atomic E-state index is -0.970. The lowest BCUT2D eigenvalue weighted by Gasteiger charge is -2.23. The Hall–Kier alpha value is -2.05. The van der Waals surface area contributed by atoms with Gasteiger partial charge in [0.05, 0.1) is 13.7 Å². The number of hydrogen-bond donors (Lipinski definition) is 3. The van der Waals surface area contributed by atoms with Crippen molar-refractivity contribution in [1.82, 2.24) is 10.6 Å². The van der Waals surface area contributed by atoms with E-state index in [9.17, 15) is 5.11 Å². The fourth-order valence-corrected chi connectivity index (χ4v) is 4.05. The molecule has 1 saturated carbocycles. The van der Waals surface area contributed by atoms with Gasteiger partial charge in [-0.1, -0.05) is 18.2 Å². The van der Waals surface area contributed by atoms with E-state index < -0.39 is 5.60 Å². The van der Waals surface area contributed by atoms with E-state index in [1.807, 2.05) is 35.9 Å². The van der Waals surface area contributed by atoms with Gasteiger partial charge in [-0.05, 0) is 55.1 Å². The lowest BCUT2D eigenvalue weighted by Crippen LogP contribution is -2.42. The fraction of sp³-hybridized carbons (Fsp3) is 0.476. The molecule has 6 heteroatoms. The molecule has 1 atom stereocenters. The molecule has 1 aliphatic rings. The van der Waals surface area contributed by atoms with Gasteiger partial charge in [0.1, 0.15) is 11.4 Å². The van der Waals surface area contributed by atoms with Gasteiger partial charge in [0, 0.05) is 24.1 Å². The van der Waals surface area contributed by atoms with E-state index in [0.29, 0.717) is 6.54 Å². The van der Waals surface area contributed by atoms with E-state index in [1.165, 1.54) is 5.56 Å². The summed E-state index contributed by atoms with van der Waals surface area (Å²) >= 11 is 1.58. The topological polar surface area (TPSA) is 65.9 Å². The maximum Gasteiger partial charge on any atom is 0.191 e. The van der Waals surface area contributed by atoms with E-state index >= 15 is 0 Å². The van der Waals surface area contributed by atoms with Crippen LogP contribution in [0.5, 0.6) is 5.75 Å². The van der Waals surface area contributed by atoms with Gasteiger partial charge < -0.3 is 20.5 Å². The number of guanidine groups is 1. The number of aliphatic hydroxyl groups is 1. The van der Waals surface area contributed by atoms with Gasteiger partial charge in [0.25, 0.3) is 0 Å². The fourth-order valence-electron chi connectivity index (χ4n) is 3.26. The lowest BCUT2D eigenvalue weighted by molar-refractivity contribution is 0.0677. The molecule has 3 rings (SSSR count). The smallest absolute Gasteiger partial charge is 0.191 e. The lowest BCUT2D eigenvalue weighted by atomic mass is 9.95. The Morgan fingerprint density at radius 3 is 2.70 bits per heavy atom. The van der Waals surface area contributed by atoms with Crippen LogP contribution >= 0.6 is 11.3 Å². The highest BCUT2D eigenvalue weighted by Crippen LogP contribution is 2.50. The first kappa shape index (κ1) is 19.7. The van der Waals surface area contributed by atoms with Crippen LogP contribution < -0.4 is 15.4 Å². The summed E-state index contributed by atoms with van der Waals surface area (Å²) < 4.78 is 5.55. The summed E-state index contributed by atoms with van der Waals surface area (Å²) in [6.45, 7) is 5.72. The molecule has 1 aromatic heterocycles. The van der Waals surface area contributed by atoms with E-state index in [2.05, 4.69) is 27.8 Å². The van der Waals surface area contributed by atoms with E-state index in [1.54, 1.807) is 25.4 Å². The molecule has 1 aromatic carbocycles. The van der Waals surface area contributed by atoms with Crippen LogP contribution in [-0.2, 0) is 11.0 Å². The molecule has 0 saturated heterocycles. The summed E-state index contributed by atoms with van der Waals surface area (Å²) in [6, 6.07) is 10.2. The van der Waals surface area contributed by atoms with E-state index in [-0.39, 0.29) is 5.41 Å². The number of aliphatic imine (C=N–C) groups is 1. The number of para-hydroxylation sites is 1. The minimum Gasteiger partial charge on any atom is -0.496 e. The molecule has 5 nitrogen and oxygen atoms in total. The Kier molecular flexibility index (Phi) is 6.07. The van der Waals surface area contributed by atoms with Gasteiger partial charge in [-0.25, -0.2) is 4.99 Å². The molecular formula is C21H29N3O2S. The van der Waals surface area contributed by atoms with Crippen molar-refractivity contribution in [2.75, 3.05) is 26.7 Å². The third-order valence-electron chi connectivity index (χ3n) is 5.16. The number of nitrogens with zero attached hydrogens (tertiary/aromatic N) is 1. The second kappa shape index (κ2) is 8.31. The van der Waals surface area contributed by atoms with Crippen LogP contribution in [0.3, 0.4) is 0 Å². The van der Waals surface area contributed by atoms with Gasteiger partial charge in [0.15, 0.2) is 5.96 Å². The summed E-state index contributed by atoms with van der Waals surface area (Å²) in [7, 11) is 1.72. The highest BCUT2D eigenvalue weighted by Gasteiger charge is 2.46. The standard InChI is InChI=1S/C21H29N3O2S/c1-4-22-19(23-14-20(2,25)16-9-12-27-13-16)24-15-21(10-11-21)17-7-5-6-8-18(17)26-3/h5-9,12-13,25H,4,10-11,14-15H2,1-3H3,(H2,22,23,24). The predicted octanol–water partition coefficient (Wildman–Crippen LogP) is 3.25. The number of nitrogens with one attached hydrogen (secondary N) is 2. The van der Waals surface area contributed by atoms with Crippen molar-refractivity contribution in [1.29, 1.82) is 0 Å². The maximum atomic E-state index is 10.7. The van der Waals surface area contributed by atoms with Crippen molar-refractivity contribution in [3.05, 3.63) is 52.2 Å². The second-order valence-electron chi connectivity index (χ2n) is 7.32. The molecule has 1 unspecified atom stereocenters. The van der Waals surface area contributed by atoms with Crippen molar-refractivity contribution in [3.63, 3.8) is 0 Å². The van der Waals surface area contributed by atoms with Gasteiger partial charge in [0.2, 0.25) is 0 Å². The number of methoxy groups -OCH3 is 1. The summed E-state index contributed by atoms with van der Waals surface area (Å²) in [5, 5.41) is 21.4. The molecule has 3 N–H and O–H groups in total. The Labute approximate surface area is 165 Å². The zero-order valence-electron chi connectivity index (χ0n) is 16.3. The number of rotatable bonds is 8. The van der Waals surface area contributed by atoms with Gasteiger partial charge in [-0.15, -0.1) is 0 Å². The zero-order valence-corrected chi connectivity index (χ0v) is 17.1. The van der Waals surface area contributed by atoms with E-state index in [0.717, 1.165) is 43.2 Å². The summed E-state index contributed by atoms with van der Waals surface area (Å²) in [5.41, 5.74) is 1.28. The molecule has 146 valence electrons. The van der Waals surface area contributed by atoms with Crippen molar-refractivity contribution < 1.29 is 9.84 Å². The van der Waals surface area contributed by atoms with Crippen LogP contribution in [-0.4, -0.2) is 37.8 Å². The molecule has 0 amide bonds. The van der Waals surface area contributed by atoms with Crippen molar-refractivity contribution in [2.24, 2.45) is 4.99 Å². The van der Waals surface area contributed by atoms with Crippen molar-refractivity contribution in [3.8, 4) is 5.75 Å². The largest absolute Gasteiger partial charge is 0.496 e. The first-order valence-corrected chi connectivity index (χ1v) is 10.4. The van der Waals surface area contributed by atoms with Crippen LogP contribution in [0.1, 0.15) is 37.8 Å². The van der Waals surface area contributed by atoms with Gasteiger partial charge in [-0.2, -0.15) is 11.3 Å². The average molecular weight is 388 g/mol. The van der Waals surface area contributed by atoms with Gasteiger partial charge in [-0.3, -0.25) is 0 Å². The molecule has 27 heavy (non-hydrogen) atoms. The molecule has 1 heterocycles. The molecule has 1 aliphatic carbocycles. The molecule has 0 spiro atoms. The predicted molar refractivity (Wildman–Crippen MR) is 112 cm³/mol. The number of ether oxygens (including phenoxy) is 1. The second-order valence-corrected chi connectivity index (χ2v) is 8.10. The molecular weight excluding hydrogens is 358 g/mol. The molecule has 0 bridgehead atoms. The van der Waals surface area contributed by atoms with Crippen LogP contribution in [0.25, 0.3) is 0 Å². The Balaban J connectivity index is 1.68. The number of thiophene rings is 1. The van der Waals surface area contributed by atoms with Crippen molar-refractivity contribution in [2.45, 2.75) is 37.7 Å². The maximum absolute atomic E-state index is 10.7. The first-order chi connectivity index (χ1) is 13.0. The molecule has 0 aliphatic heterocycles. The zero-order chi connectivity index (χ0) is 19.3. The normalized spacial score (nSPS) is 17.9. The van der Waals surface area contributed by atoms with E-state index in [4.69, 9.17) is 4.74 Å². The quantitative estimate of drug-likeness (QED) is 0.481. The van der Waals surface area contributed by atoms with Gasteiger partial charge >= 0.3 is 0 Å². The molecule has 1 fully saturated rings. The molecule has 2 aromatic rings. The number of benzene rings is 1. The third kappa shape index (κ3) is 4.62. The minimum absolute atomic E-state index is 0.0959. The first-order valence-electron chi connectivity index (χ1n) is 9.41. The van der Waals surface area contributed by atoms with Crippen molar-refractivity contribution >= 4 is 17.3 Å². The third-order valence-corrected chi connectivity index (χ3v) is 5.84. The summed E-state index contributed by atoms with van der Waals surface area (Å²) in [4.78, 5) is 4.63. The Morgan fingerprint density at radius 2 is 2.07 bits per heavy atom. The van der Waals surface area contributed by atoms with Crippen LogP contribution in [0.15, 0.2) is 46.1 Å². The SMILES string of the molecule is CCNC(=NCC(C)(O)c1ccsc1)NCC1(c2ccccc2OC)CC1. The average Bonchev–Trinajstić information content (AvgIpc) is 3.24. The van der Waals surface area contributed by atoms with Crippen LogP contribution in [0.4, 0.5) is 0 Å².